The molecule has 0 unspecified atom stereocenters. The summed E-state index contributed by atoms with van der Waals surface area (Å²) in [6.07, 6.45) is 0. The molecule has 0 atom stereocenters. The molecule has 0 fully saturated rings. The van der Waals surface area contributed by atoms with Crippen LogP contribution in [0.1, 0.15) is 51.3 Å². The lowest BCUT2D eigenvalue weighted by molar-refractivity contribution is 0.591. The second-order valence-corrected chi connectivity index (χ2v) is 17.6. The van der Waals surface area contributed by atoms with Gasteiger partial charge in [-0.15, -0.1) is 11.3 Å². The zero-order valence-corrected chi connectivity index (χ0v) is 31.4. The Morgan fingerprint density at radius 2 is 1.40 bits per heavy atom. The average Bonchev–Trinajstić information content (AvgIpc) is 3.73. The Morgan fingerprint density at radius 1 is 0.642 bits per heavy atom. The number of para-hydroxylation sites is 1. The molecule has 0 spiro atoms. The van der Waals surface area contributed by atoms with Gasteiger partial charge in [0.1, 0.15) is 11.2 Å². The molecule has 53 heavy (non-hydrogen) atoms. The first-order valence-corrected chi connectivity index (χ1v) is 19.5. The first-order valence-electron chi connectivity index (χ1n) is 18.7. The largest absolute Gasteiger partial charge is 0.456 e. The smallest absolute Gasteiger partial charge is 0.260 e. The first-order chi connectivity index (χ1) is 25.7. The van der Waals surface area contributed by atoms with Crippen LogP contribution < -0.4 is 20.6 Å². The molecule has 2 aromatic heterocycles. The zero-order valence-electron chi connectivity index (χ0n) is 30.6. The molecule has 4 heterocycles. The van der Waals surface area contributed by atoms with Gasteiger partial charge in [-0.25, -0.2) is 0 Å². The fourth-order valence-corrected chi connectivity index (χ4v) is 10.7. The van der Waals surface area contributed by atoms with Crippen molar-refractivity contribution in [1.82, 2.24) is 0 Å². The Bertz CT molecular complexity index is 2990. The Kier molecular flexibility index (Phi) is 6.28. The summed E-state index contributed by atoms with van der Waals surface area (Å²) in [5.41, 5.74) is 14.8. The van der Waals surface area contributed by atoms with Crippen LogP contribution in [0.5, 0.6) is 0 Å². The van der Waals surface area contributed by atoms with Gasteiger partial charge in [-0.2, -0.15) is 0 Å². The predicted molar refractivity (Wildman–Crippen MR) is 229 cm³/mol. The maximum atomic E-state index is 6.57. The molecule has 4 heteroatoms. The number of anilines is 3. The minimum Gasteiger partial charge on any atom is -0.456 e. The second-order valence-electron chi connectivity index (χ2n) is 16.5. The highest BCUT2D eigenvalue weighted by molar-refractivity contribution is 7.33. The molecule has 0 bridgehead atoms. The number of thiophene rings is 1. The van der Waals surface area contributed by atoms with Crippen LogP contribution in [0.2, 0.25) is 0 Å². The highest BCUT2D eigenvalue weighted by atomic mass is 32.1. The van der Waals surface area contributed by atoms with Crippen molar-refractivity contribution in [2.45, 2.75) is 45.4 Å². The third-order valence-corrected chi connectivity index (χ3v) is 13.3. The summed E-state index contributed by atoms with van der Waals surface area (Å²) in [4.78, 5) is 2.58. The SMILES string of the molecule is CC(C)(C)c1ccc2sc3c(c2c1)N(c1ccc2c(c1)oc1ccccc12)c1cc(-c2cccc4ccccc24)cc2c1B3c1ccccc1C2(C)C. The second kappa shape index (κ2) is 10.7. The third kappa shape index (κ3) is 4.33. The molecular formula is C49H38BNOS. The van der Waals surface area contributed by atoms with Crippen LogP contribution in [-0.4, -0.2) is 6.71 Å². The molecule has 0 N–H and O–H groups in total. The van der Waals surface area contributed by atoms with E-state index < -0.39 is 0 Å². The average molecular weight is 700 g/mol. The van der Waals surface area contributed by atoms with Gasteiger partial charge in [0.2, 0.25) is 0 Å². The van der Waals surface area contributed by atoms with Crippen molar-refractivity contribution >= 4 is 93.6 Å². The van der Waals surface area contributed by atoms with Crippen molar-refractivity contribution in [3.05, 3.63) is 156 Å². The van der Waals surface area contributed by atoms with Gasteiger partial charge in [-0.1, -0.05) is 137 Å². The molecule has 0 saturated heterocycles. The highest BCUT2D eigenvalue weighted by Crippen LogP contribution is 2.49. The van der Waals surface area contributed by atoms with E-state index in [9.17, 15) is 0 Å². The Balaban J connectivity index is 1.29. The summed E-state index contributed by atoms with van der Waals surface area (Å²) in [5, 5.41) is 6.14. The molecule has 2 aliphatic heterocycles. The summed E-state index contributed by atoms with van der Waals surface area (Å²) < 4.78 is 9.30. The van der Waals surface area contributed by atoms with E-state index in [2.05, 4.69) is 179 Å². The lowest BCUT2D eigenvalue weighted by Gasteiger charge is -2.44. The lowest BCUT2D eigenvalue weighted by Crippen LogP contribution is -2.63. The van der Waals surface area contributed by atoms with Crippen molar-refractivity contribution in [3.8, 4) is 11.1 Å². The Labute approximate surface area is 314 Å². The Hall–Kier alpha value is -5.58. The van der Waals surface area contributed by atoms with Gasteiger partial charge in [0.15, 0.2) is 0 Å². The normalized spacial score (nSPS) is 14.6. The molecular weight excluding hydrogens is 661 g/mol. The van der Waals surface area contributed by atoms with Crippen molar-refractivity contribution in [1.29, 1.82) is 0 Å². The van der Waals surface area contributed by atoms with E-state index >= 15 is 0 Å². The molecule has 0 radical (unpaired) electrons. The van der Waals surface area contributed by atoms with E-state index in [1.54, 1.807) is 0 Å². The fourth-order valence-electron chi connectivity index (χ4n) is 9.41. The van der Waals surface area contributed by atoms with Crippen LogP contribution in [0.4, 0.5) is 17.1 Å². The monoisotopic (exact) mass is 699 g/mol. The van der Waals surface area contributed by atoms with Gasteiger partial charge in [-0.3, -0.25) is 0 Å². The summed E-state index contributed by atoms with van der Waals surface area (Å²) in [7, 11) is 0. The number of hydrogen-bond acceptors (Lipinski definition) is 3. The number of benzene rings is 7. The third-order valence-electron chi connectivity index (χ3n) is 12.1. The molecule has 11 rings (SSSR count). The van der Waals surface area contributed by atoms with E-state index in [0.717, 1.165) is 27.6 Å². The van der Waals surface area contributed by atoms with Crippen molar-refractivity contribution in [2.24, 2.45) is 0 Å². The lowest BCUT2D eigenvalue weighted by atomic mass is 9.32. The van der Waals surface area contributed by atoms with E-state index in [-0.39, 0.29) is 17.5 Å². The molecule has 7 aromatic carbocycles. The molecule has 2 aliphatic rings. The van der Waals surface area contributed by atoms with Crippen LogP contribution in [-0.2, 0) is 10.8 Å². The summed E-state index contributed by atoms with van der Waals surface area (Å²) in [6, 6.07) is 52.1. The fraction of sp³-hybridized carbons (Fsp3) is 0.143. The number of hydrogen-bond donors (Lipinski definition) is 0. The maximum absolute atomic E-state index is 6.57. The quantitative estimate of drug-likeness (QED) is 0.167. The van der Waals surface area contributed by atoms with E-state index in [1.165, 1.54) is 75.8 Å². The molecule has 9 aromatic rings. The van der Waals surface area contributed by atoms with Gasteiger partial charge in [0, 0.05) is 48.5 Å². The number of rotatable bonds is 2. The first kappa shape index (κ1) is 31.0. The summed E-state index contributed by atoms with van der Waals surface area (Å²) >= 11 is 1.96. The van der Waals surface area contributed by atoms with Gasteiger partial charge in [0.25, 0.3) is 6.71 Å². The molecule has 2 nitrogen and oxygen atoms in total. The predicted octanol–water partition coefficient (Wildman–Crippen LogP) is 11.9. The number of furan rings is 1. The van der Waals surface area contributed by atoms with Gasteiger partial charge >= 0.3 is 0 Å². The van der Waals surface area contributed by atoms with E-state index in [0.29, 0.717) is 0 Å². The van der Waals surface area contributed by atoms with Crippen LogP contribution >= 0.6 is 11.3 Å². The van der Waals surface area contributed by atoms with Crippen molar-refractivity contribution in [3.63, 3.8) is 0 Å². The molecule has 254 valence electrons. The van der Waals surface area contributed by atoms with E-state index in [1.807, 2.05) is 11.3 Å². The topological polar surface area (TPSA) is 16.4 Å². The standard InChI is InChI=1S/C49H38BNOS/c1-48(2,3)31-21-24-44-37(27-31)46-47(53-44)50-40-19-10-9-18-38(40)49(4,5)39-25-30(34-17-12-14-29-13-6-7-15-33(29)34)26-41(45(39)50)51(46)32-22-23-36-35-16-8-11-20-42(35)52-43(36)28-32/h6-28H,1-5H3. The zero-order chi connectivity index (χ0) is 35.8. The molecule has 0 amide bonds. The number of fused-ring (bicyclic) bond motifs is 10. The van der Waals surface area contributed by atoms with E-state index in [4.69, 9.17) is 4.42 Å². The molecule has 0 aliphatic carbocycles. The Morgan fingerprint density at radius 3 is 2.26 bits per heavy atom. The van der Waals surface area contributed by atoms with Gasteiger partial charge in [0.05, 0.1) is 5.69 Å². The minimum absolute atomic E-state index is 0.0176. The molecule has 0 saturated carbocycles. The van der Waals surface area contributed by atoms with Crippen LogP contribution in [0.15, 0.2) is 144 Å². The summed E-state index contributed by atoms with van der Waals surface area (Å²) in [5.74, 6) is 0. The van der Waals surface area contributed by atoms with Crippen LogP contribution in [0, 0.1) is 0 Å². The van der Waals surface area contributed by atoms with Gasteiger partial charge < -0.3 is 9.32 Å². The van der Waals surface area contributed by atoms with Gasteiger partial charge in [-0.05, 0) is 85.9 Å². The summed E-state index contributed by atoms with van der Waals surface area (Å²) in [6.45, 7) is 11.9. The number of nitrogens with zero attached hydrogens (tertiary/aromatic N) is 1. The minimum atomic E-state index is -0.209. The highest BCUT2D eigenvalue weighted by Gasteiger charge is 2.47. The van der Waals surface area contributed by atoms with Crippen molar-refractivity contribution in [2.75, 3.05) is 4.90 Å². The maximum Gasteiger partial charge on any atom is 0.260 e. The van der Waals surface area contributed by atoms with Crippen LogP contribution in [0.25, 0.3) is 53.9 Å². The van der Waals surface area contributed by atoms with Crippen molar-refractivity contribution < 1.29 is 4.42 Å². The van der Waals surface area contributed by atoms with Crippen LogP contribution in [0.3, 0.4) is 0 Å².